The van der Waals surface area contributed by atoms with Crippen molar-refractivity contribution in [2.45, 2.75) is 12.2 Å². The van der Waals surface area contributed by atoms with Crippen LogP contribution in [0.5, 0.6) is 5.75 Å². The van der Waals surface area contributed by atoms with Gasteiger partial charge in [-0.3, -0.25) is 10.1 Å². The highest BCUT2D eigenvalue weighted by molar-refractivity contribution is 5.46. The molecule has 2 atom stereocenters. The van der Waals surface area contributed by atoms with Gasteiger partial charge >= 0.3 is 5.69 Å². The summed E-state index contributed by atoms with van der Waals surface area (Å²) >= 11 is 0. The van der Waals surface area contributed by atoms with E-state index in [0.29, 0.717) is 5.56 Å². The van der Waals surface area contributed by atoms with Crippen LogP contribution in [0, 0.1) is 10.1 Å². The van der Waals surface area contributed by atoms with Gasteiger partial charge in [-0.1, -0.05) is 42.5 Å². The van der Waals surface area contributed by atoms with E-state index in [9.17, 15) is 15.2 Å². The Hall–Kier alpha value is -2.44. The Bertz CT molecular complexity index is 604. The minimum atomic E-state index is -0.966. The third-order valence-corrected chi connectivity index (χ3v) is 3.03. The normalized spacial score (nSPS) is 13.4. The van der Waals surface area contributed by atoms with Crippen LogP contribution in [-0.2, 0) is 0 Å². The number of hydrogen-bond acceptors (Lipinski definition) is 5. The average molecular weight is 288 g/mol. The van der Waals surface area contributed by atoms with Crippen LogP contribution in [0.3, 0.4) is 0 Å². The number of rotatable bonds is 6. The van der Waals surface area contributed by atoms with Gasteiger partial charge in [-0.25, -0.2) is 0 Å². The number of para-hydroxylation sites is 2. The number of hydrogen-bond donors (Lipinski definition) is 2. The van der Waals surface area contributed by atoms with Crippen molar-refractivity contribution >= 4 is 5.69 Å². The number of nitrogens with two attached hydrogens (primary N) is 1. The smallest absolute Gasteiger partial charge is 0.310 e. The van der Waals surface area contributed by atoms with Crippen molar-refractivity contribution in [1.29, 1.82) is 0 Å². The van der Waals surface area contributed by atoms with Crippen LogP contribution in [0.1, 0.15) is 11.7 Å². The van der Waals surface area contributed by atoms with Crippen molar-refractivity contribution < 1.29 is 14.8 Å². The zero-order valence-electron chi connectivity index (χ0n) is 11.3. The second-order valence-corrected chi connectivity index (χ2v) is 4.48. The number of nitrogens with zero attached hydrogens (tertiary/aromatic N) is 1. The quantitative estimate of drug-likeness (QED) is 0.626. The number of nitro groups is 1. The van der Waals surface area contributed by atoms with E-state index < -0.39 is 17.1 Å². The van der Waals surface area contributed by atoms with E-state index >= 15 is 0 Å². The van der Waals surface area contributed by atoms with E-state index in [1.807, 2.05) is 6.07 Å². The zero-order valence-corrected chi connectivity index (χ0v) is 11.3. The molecule has 6 nitrogen and oxygen atoms in total. The monoisotopic (exact) mass is 288 g/mol. The maximum Gasteiger partial charge on any atom is 0.310 e. The first kappa shape index (κ1) is 15.0. The molecular weight excluding hydrogens is 272 g/mol. The van der Waals surface area contributed by atoms with Crippen LogP contribution >= 0.6 is 0 Å². The SMILES string of the molecule is NC[C@@H](O)[C@H](Oc1ccccc1[N+](=O)[O-])c1ccccc1. The van der Waals surface area contributed by atoms with E-state index in [1.54, 1.807) is 36.4 Å². The molecule has 2 aromatic carbocycles. The third kappa shape index (κ3) is 3.56. The Morgan fingerprint density at radius 1 is 1.14 bits per heavy atom. The lowest BCUT2D eigenvalue weighted by Gasteiger charge is -2.23. The molecule has 21 heavy (non-hydrogen) atoms. The summed E-state index contributed by atoms with van der Waals surface area (Å²) in [6.07, 6.45) is -1.73. The van der Waals surface area contributed by atoms with Gasteiger partial charge in [0.1, 0.15) is 6.10 Å². The lowest BCUT2D eigenvalue weighted by atomic mass is 10.0. The fourth-order valence-electron chi connectivity index (χ4n) is 1.98. The molecule has 6 heteroatoms. The Balaban J connectivity index is 2.34. The number of aliphatic hydroxyl groups is 1. The first-order valence-corrected chi connectivity index (χ1v) is 6.46. The third-order valence-electron chi connectivity index (χ3n) is 3.03. The molecule has 110 valence electrons. The molecule has 0 aliphatic heterocycles. The summed E-state index contributed by atoms with van der Waals surface area (Å²) in [5.74, 6) is 0.101. The minimum absolute atomic E-state index is 0.0137. The van der Waals surface area contributed by atoms with E-state index in [4.69, 9.17) is 10.5 Å². The van der Waals surface area contributed by atoms with Crippen LogP contribution < -0.4 is 10.5 Å². The summed E-state index contributed by atoms with van der Waals surface area (Å²) < 4.78 is 5.67. The Labute approximate surface area is 121 Å². The number of ether oxygens (including phenoxy) is 1. The molecule has 0 spiro atoms. The summed E-state index contributed by atoms with van der Waals surface area (Å²) in [6.45, 7) is -0.0137. The highest BCUT2D eigenvalue weighted by Crippen LogP contribution is 2.31. The van der Waals surface area contributed by atoms with E-state index in [1.165, 1.54) is 12.1 Å². The van der Waals surface area contributed by atoms with Gasteiger partial charge in [0.05, 0.1) is 4.92 Å². The molecule has 0 heterocycles. The van der Waals surface area contributed by atoms with Crippen molar-refractivity contribution in [2.24, 2.45) is 5.73 Å². The molecule has 0 unspecified atom stereocenters. The summed E-state index contributed by atoms with van der Waals surface area (Å²) in [4.78, 5) is 10.5. The van der Waals surface area contributed by atoms with Gasteiger partial charge in [-0.15, -0.1) is 0 Å². The van der Waals surface area contributed by atoms with Crippen molar-refractivity contribution in [1.82, 2.24) is 0 Å². The zero-order chi connectivity index (χ0) is 15.2. The number of nitro benzene ring substituents is 1. The molecule has 0 bridgehead atoms. The Kier molecular flexibility index (Phi) is 4.86. The first-order chi connectivity index (χ1) is 10.1. The molecule has 0 saturated carbocycles. The van der Waals surface area contributed by atoms with E-state index in [-0.39, 0.29) is 18.0 Å². The van der Waals surface area contributed by atoms with Gasteiger partial charge in [0.2, 0.25) is 0 Å². The van der Waals surface area contributed by atoms with Crippen LogP contribution in [0.25, 0.3) is 0 Å². The average Bonchev–Trinajstić information content (AvgIpc) is 2.53. The van der Waals surface area contributed by atoms with Crippen LogP contribution in [-0.4, -0.2) is 22.7 Å². The molecule has 2 aromatic rings. The maximum atomic E-state index is 11.0. The fourth-order valence-corrected chi connectivity index (χ4v) is 1.98. The van der Waals surface area contributed by atoms with Crippen molar-refractivity contribution in [3.63, 3.8) is 0 Å². The molecular formula is C15H16N2O4. The predicted molar refractivity (Wildman–Crippen MR) is 78.0 cm³/mol. The van der Waals surface area contributed by atoms with Gasteiger partial charge in [-0.2, -0.15) is 0 Å². The van der Waals surface area contributed by atoms with Gasteiger partial charge in [0.25, 0.3) is 0 Å². The standard InChI is InChI=1S/C15H16N2O4/c16-10-13(18)15(11-6-2-1-3-7-11)21-14-9-5-4-8-12(14)17(19)20/h1-9,13,15,18H,10,16H2/t13-,15-/m1/s1. The second-order valence-electron chi connectivity index (χ2n) is 4.48. The lowest BCUT2D eigenvalue weighted by Crippen LogP contribution is -2.31. The summed E-state index contributed by atoms with van der Waals surface area (Å²) in [5, 5.41) is 21.1. The van der Waals surface area contributed by atoms with E-state index in [2.05, 4.69) is 0 Å². The molecule has 0 saturated heterocycles. The molecule has 0 aromatic heterocycles. The maximum absolute atomic E-state index is 11.0. The van der Waals surface area contributed by atoms with Gasteiger partial charge in [0.15, 0.2) is 11.9 Å². The summed E-state index contributed by atoms with van der Waals surface area (Å²) in [5.41, 5.74) is 6.05. The number of aliphatic hydroxyl groups excluding tert-OH is 1. The number of benzene rings is 2. The summed E-state index contributed by atoms with van der Waals surface area (Å²) in [6, 6.07) is 15.0. The van der Waals surface area contributed by atoms with E-state index in [0.717, 1.165) is 0 Å². The highest BCUT2D eigenvalue weighted by atomic mass is 16.6. The van der Waals surface area contributed by atoms with Crippen LogP contribution in [0.2, 0.25) is 0 Å². The summed E-state index contributed by atoms with van der Waals surface area (Å²) in [7, 11) is 0. The van der Waals surface area contributed by atoms with Crippen molar-refractivity contribution in [3.8, 4) is 5.75 Å². The van der Waals surface area contributed by atoms with Crippen LogP contribution in [0.15, 0.2) is 54.6 Å². The fraction of sp³-hybridized carbons (Fsp3) is 0.200. The molecule has 3 N–H and O–H groups in total. The first-order valence-electron chi connectivity index (χ1n) is 6.46. The molecule has 0 radical (unpaired) electrons. The molecule has 0 fully saturated rings. The molecule has 0 amide bonds. The van der Waals surface area contributed by atoms with Gasteiger partial charge in [-0.05, 0) is 11.6 Å². The topological polar surface area (TPSA) is 98.6 Å². The minimum Gasteiger partial charge on any atom is -0.476 e. The van der Waals surface area contributed by atoms with Crippen LogP contribution in [0.4, 0.5) is 5.69 Å². The van der Waals surface area contributed by atoms with Crippen molar-refractivity contribution in [2.75, 3.05) is 6.54 Å². The lowest BCUT2D eigenvalue weighted by molar-refractivity contribution is -0.386. The molecule has 0 aliphatic rings. The predicted octanol–water partition coefficient (Wildman–Crippen LogP) is 2.03. The molecule has 0 aliphatic carbocycles. The second kappa shape index (κ2) is 6.83. The Morgan fingerprint density at radius 3 is 2.38 bits per heavy atom. The van der Waals surface area contributed by atoms with Crippen molar-refractivity contribution in [3.05, 3.63) is 70.3 Å². The largest absolute Gasteiger partial charge is 0.476 e. The van der Waals surface area contributed by atoms with Gasteiger partial charge < -0.3 is 15.6 Å². The molecule has 2 rings (SSSR count). The Morgan fingerprint density at radius 2 is 1.76 bits per heavy atom. The highest BCUT2D eigenvalue weighted by Gasteiger charge is 2.25. The van der Waals surface area contributed by atoms with Gasteiger partial charge in [0, 0.05) is 12.6 Å².